The van der Waals surface area contributed by atoms with Gasteiger partial charge in [-0.3, -0.25) is 4.57 Å². The number of ether oxygens (including phenoxy) is 2. The van der Waals surface area contributed by atoms with Gasteiger partial charge in [-0.2, -0.15) is 9.97 Å². The number of benzene rings is 2. The molecule has 1 unspecified atom stereocenters. The number of nitrogens with two attached hydrogens (primary N) is 1. The lowest BCUT2D eigenvalue weighted by atomic mass is 9.93. The quantitative estimate of drug-likeness (QED) is 0.180. The van der Waals surface area contributed by atoms with Crippen LogP contribution in [0.3, 0.4) is 0 Å². The number of aliphatic hydroxyl groups is 1. The molecule has 2 aromatic heterocycles. The summed E-state index contributed by atoms with van der Waals surface area (Å²) in [6.45, 7) is 0. The first-order valence-corrected chi connectivity index (χ1v) is 12.4. The Labute approximate surface area is 229 Å². The maximum Gasteiger partial charge on any atom is 0.348 e. The third kappa shape index (κ3) is 3.89. The zero-order valence-electron chi connectivity index (χ0n) is 20.4. The lowest BCUT2D eigenvalue weighted by molar-refractivity contribution is -0.194. The summed E-state index contributed by atoms with van der Waals surface area (Å²) in [6, 6.07) is 16.0. The fraction of sp³-hybridized carbons (Fsp3) is 0.269. The number of aliphatic carboxylic acids is 2. The number of carbonyl (C=O) groups is 2. The Bertz CT molecular complexity index is 1620. The zero-order chi connectivity index (χ0) is 28.4. The second-order valence-corrected chi connectivity index (χ2v) is 9.99. The number of carboxylic acids is 2. The van der Waals surface area contributed by atoms with Crippen LogP contribution < -0.4 is 5.73 Å². The van der Waals surface area contributed by atoms with Gasteiger partial charge in [0.05, 0.1) is 6.33 Å². The van der Waals surface area contributed by atoms with Gasteiger partial charge < -0.3 is 30.5 Å². The summed E-state index contributed by atoms with van der Waals surface area (Å²) in [5.74, 6) is -3.66. The van der Waals surface area contributed by atoms with Crippen LogP contribution in [0.25, 0.3) is 22.3 Å². The van der Waals surface area contributed by atoms with E-state index in [4.69, 9.17) is 26.8 Å². The highest BCUT2D eigenvalue weighted by molar-refractivity contribution is 6.28. The van der Waals surface area contributed by atoms with Crippen molar-refractivity contribution in [1.29, 1.82) is 0 Å². The molecule has 40 heavy (non-hydrogen) atoms. The van der Waals surface area contributed by atoms with Crippen molar-refractivity contribution in [3.63, 3.8) is 0 Å². The molecule has 1 saturated carbocycles. The molecule has 1 aliphatic carbocycles. The molecule has 5 atom stereocenters. The summed E-state index contributed by atoms with van der Waals surface area (Å²) in [5, 5.41) is 30.8. The minimum Gasteiger partial charge on any atom is -0.479 e. The van der Waals surface area contributed by atoms with Crippen molar-refractivity contribution in [1.82, 2.24) is 19.5 Å². The Balaban J connectivity index is 1.24. The number of halogens is 2. The van der Waals surface area contributed by atoms with E-state index in [2.05, 4.69) is 15.0 Å². The molecular formula is C26H21ClFN5O7. The van der Waals surface area contributed by atoms with Crippen molar-refractivity contribution in [2.75, 3.05) is 5.73 Å². The lowest BCUT2D eigenvalue weighted by Gasteiger charge is -2.29. The third-order valence-corrected chi connectivity index (χ3v) is 7.45. The molecule has 5 N–H and O–H groups in total. The average Bonchev–Trinajstić information content (AvgIpc) is 3.17. The van der Waals surface area contributed by atoms with Crippen LogP contribution in [0.1, 0.15) is 11.8 Å². The number of nitrogen functional groups attached to an aromatic ring is 1. The van der Waals surface area contributed by atoms with E-state index in [0.29, 0.717) is 5.56 Å². The molecule has 0 amide bonds. The molecule has 12 nitrogen and oxygen atoms in total. The molecular weight excluding hydrogens is 549 g/mol. The SMILES string of the molecule is Nc1nc(Cl)nc2c1ncn2[C@@H]1O[C@@H]2C(OC(Cc3ccc(-c4ccccc4)cc3)(C(=O)O)C(=O)O)[C@]2(O)[C@@H]1F. The molecule has 206 valence electrons. The van der Waals surface area contributed by atoms with Crippen LogP contribution in [0, 0.1) is 0 Å². The second-order valence-electron chi connectivity index (χ2n) is 9.65. The average molecular weight is 570 g/mol. The van der Waals surface area contributed by atoms with E-state index in [-0.39, 0.29) is 22.3 Å². The smallest absolute Gasteiger partial charge is 0.348 e. The Morgan fingerprint density at radius 1 is 1.10 bits per heavy atom. The topological polar surface area (TPSA) is 183 Å². The standard InChI is InChI=1S/C26H21ClFN5O7/c27-24-31-19(29)15-20(32-24)33(11-30-15)21-16(28)26(38)17(39-21)18(26)40-25(22(34)35,23(36)37)10-12-6-8-14(9-7-12)13-4-2-1-3-5-13/h1-9,11,16-18,21,38H,10H2,(H,34,35)(H,36,37)(H2,29,31,32)/t16-,17-,18?,21-,26+/m1/s1. The van der Waals surface area contributed by atoms with Gasteiger partial charge in [0.25, 0.3) is 5.60 Å². The summed E-state index contributed by atoms with van der Waals surface area (Å²) in [4.78, 5) is 36.4. The van der Waals surface area contributed by atoms with Gasteiger partial charge in [-0.15, -0.1) is 0 Å². The molecule has 2 aromatic carbocycles. The van der Waals surface area contributed by atoms with Gasteiger partial charge in [0.15, 0.2) is 29.5 Å². The Morgan fingerprint density at radius 2 is 1.75 bits per heavy atom. The van der Waals surface area contributed by atoms with Crippen LogP contribution in [0.5, 0.6) is 0 Å². The fourth-order valence-corrected chi connectivity index (χ4v) is 5.24. The normalized spacial score (nSPS) is 25.6. The largest absolute Gasteiger partial charge is 0.479 e. The third-order valence-electron chi connectivity index (χ3n) is 7.28. The molecule has 1 aliphatic heterocycles. The summed E-state index contributed by atoms with van der Waals surface area (Å²) < 4.78 is 28.0. The highest BCUT2D eigenvalue weighted by Crippen LogP contribution is 2.58. The van der Waals surface area contributed by atoms with E-state index in [1.807, 2.05) is 30.3 Å². The number of hydrogen-bond acceptors (Lipinski definition) is 9. The van der Waals surface area contributed by atoms with E-state index in [0.717, 1.165) is 11.1 Å². The number of rotatable bonds is 8. The molecule has 2 aliphatic rings. The molecule has 14 heteroatoms. The number of hydrogen-bond donors (Lipinski definition) is 4. The zero-order valence-corrected chi connectivity index (χ0v) is 21.1. The molecule has 4 aromatic rings. The highest BCUT2D eigenvalue weighted by Gasteiger charge is 2.80. The first-order valence-electron chi connectivity index (χ1n) is 12.0. The first-order chi connectivity index (χ1) is 19.1. The van der Waals surface area contributed by atoms with Gasteiger partial charge in [-0.1, -0.05) is 54.6 Å². The summed E-state index contributed by atoms with van der Waals surface area (Å²) in [5.41, 5.74) is 2.93. The maximum atomic E-state index is 15.7. The molecule has 3 heterocycles. The van der Waals surface area contributed by atoms with E-state index in [9.17, 15) is 24.9 Å². The Morgan fingerprint density at radius 3 is 2.35 bits per heavy atom. The van der Waals surface area contributed by atoms with Gasteiger partial charge in [0.1, 0.15) is 17.7 Å². The van der Waals surface area contributed by atoms with Crippen LogP contribution >= 0.6 is 11.6 Å². The van der Waals surface area contributed by atoms with Crippen LogP contribution in [0.4, 0.5) is 10.2 Å². The number of aromatic nitrogens is 4. The van der Waals surface area contributed by atoms with E-state index in [1.54, 1.807) is 24.3 Å². The van der Waals surface area contributed by atoms with Gasteiger partial charge in [-0.25, -0.2) is 19.0 Å². The molecule has 6 rings (SSSR count). The van der Waals surface area contributed by atoms with Crippen LogP contribution in [-0.4, -0.2) is 76.4 Å². The predicted octanol–water partition coefficient (Wildman–Crippen LogP) is 2.24. The monoisotopic (exact) mass is 569 g/mol. The van der Waals surface area contributed by atoms with Crippen LogP contribution in [0.15, 0.2) is 60.9 Å². The molecule has 0 bridgehead atoms. The summed E-state index contributed by atoms with van der Waals surface area (Å²) in [7, 11) is 0. The number of fused-ring (bicyclic) bond motifs is 2. The van der Waals surface area contributed by atoms with Crippen molar-refractivity contribution >= 4 is 40.5 Å². The number of alkyl halides is 1. The summed E-state index contributed by atoms with van der Waals surface area (Å²) in [6.07, 6.45) is -5.95. The van der Waals surface area contributed by atoms with E-state index in [1.165, 1.54) is 10.9 Å². The van der Waals surface area contributed by atoms with Gasteiger partial charge in [0.2, 0.25) is 5.28 Å². The first kappa shape index (κ1) is 26.1. The van der Waals surface area contributed by atoms with Crippen LogP contribution in [-0.2, 0) is 25.5 Å². The Hall–Kier alpha value is -4.17. The van der Waals surface area contributed by atoms with Crippen molar-refractivity contribution < 1.29 is 38.8 Å². The number of imidazole rings is 1. The molecule has 0 spiro atoms. The fourth-order valence-electron chi connectivity index (χ4n) is 5.07. The highest BCUT2D eigenvalue weighted by atomic mass is 35.5. The van der Waals surface area contributed by atoms with Crippen molar-refractivity contribution in [2.24, 2.45) is 0 Å². The lowest BCUT2D eigenvalue weighted by Crippen LogP contribution is -2.53. The number of carboxylic acid groups (broad SMARTS) is 2. The van der Waals surface area contributed by atoms with Gasteiger partial charge in [0, 0.05) is 6.42 Å². The van der Waals surface area contributed by atoms with Crippen molar-refractivity contribution in [3.8, 4) is 11.1 Å². The van der Waals surface area contributed by atoms with Crippen molar-refractivity contribution in [3.05, 3.63) is 71.8 Å². The number of anilines is 1. The Kier molecular flexibility index (Phi) is 6.00. The predicted molar refractivity (Wildman–Crippen MR) is 137 cm³/mol. The minimum absolute atomic E-state index is 0.0447. The van der Waals surface area contributed by atoms with E-state index >= 15 is 4.39 Å². The molecule has 1 saturated heterocycles. The summed E-state index contributed by atoms with van der Waals surface area (Å²) >= 11 is 5.86. The van der Waals surface area contributed by atoms with Crippen LogP contribution in [0.2, 0.25) is 5.28 Å². The number of nitrogens with zero attached hydrogens (tertiary/aromatic N) is 4. The van der Waals surface area contributed by atoms with Gasteiger partial charge in [-0.05, 0) is 28.3 Å². The van der Waals surface area contributed by atoms with E-state index < -0.39 is 54.2 Å². The van der Waals surface area contributed by atoms with Gasteiger partial charge >= 0.3 is 11.9 Å². The minimum atomic E-state index is -2.82. The molecule has 0 radical (unpaired) electrons. The second kappa shape index (κ2) is 9.20. The maximum absolute atomic E-state index is 15.7. The van der Waals surface area contributed by atoms with Crippen molar-refractivity contribution in [2.45, 2.75) is 42.2 Å². The molecule has 2 fully saturated rings.